The average molecular weight is 271 g/mol. The number of hydrogen-bond acceptors (Lipinski definition) is 4. The molecule has 0 aromatic heterocycles. The fraction of sp³-hybridized carbons (Fsp3) is 0.375. The Hall–Kier alpha value is -1.78. The lowest BCUT2D eigenvalue weighted by molar-refractivity contribution is 0.262. The highest BCUT2D eigenvalue weighted by Crippen LogP contribution is 2.25. The van der Waals surface area contributed by atoms with Crippen molar-refractivity contribution in [2.75, 3.05) is 26.4 Å². The van der Waals surface area contributed by atoms with E-state index in [0.29, 0.717) is 13.2 Å². The smallest absolute Gasteiger partial charge is 0.128 e. The molecule has 0 N–H and O–H groups in total. The van der Waals surface area contributed by atoms with Gasteiger partial charge in [0.25, 0.3) is 0 Å². The Bertz CT molecular complexity index is 566. The van der Waals surface area contributed by atoms with Crippen molar-refractivity contribution in [2.45, 2.75) is 12.2 Å². The van der Waals surface area contributed by atoms with Crippen LogP contribution in [-0.4, -0.2) is 38.6 Å². The second-order valence-electron chi connectivity index (χ2n) is 5.10. The third-order valence-corrected chi connectivity index (χ3v) is 3.36. The van der Waals surface area contributed by atoms with E-state index in [9.17, 15) is 0 Å². The van der Waals surface area contributed by atoms with Gasteiger partial charge in [0.15, 0.2) is 0 Å². The maximum atomic E-state index is 5.68. The first-order chi connectivity index (χ1) is 9.87. The van der Waals surface area contributed by atoms with Gasteiger partial charge in [-0.05, 0) is 29.0 Å². The summed E-state index contributed by atoms with van der Waals surface area (Å²) in [4.78, 5) is 0. The zero-order valence-corrected chi connectivity index (χ0v) is 11.0. The van der Waals surface area contributed by atoms with Crippen molar-refractivity contribution in [3.05, 3.63) is 36.4 Å². The summed E-state index contributed by atoms with van der Waals surface area (Å²) in [5, 5.41) is 2.11. The first-order valence-corrected chi connectivity index (χ1v) is 6.82. The quantitative estimate of drug-likeness (QED) is 0.755. The number of fused-ring (bicyclic) bond motifs is 1. The Labute approximate surface area is 117 Å². The molecule has 1 radical (unpaired) electrons. The van der Waals surface area contributed by atoms with Gasteiger partial charge in [-0.3, -0.25) is 0 Å². The fourth-order valence-electron chi connectivity index (χ4n) is 2.00. The monoisotopic (exact) mass is 271 g/mol. The zero-order chi connectivity index (χ0) is 13.4. The van der Waals surface area contributed by atoms with Crippen LogP contribution >= 0.6 is 0 Å². The summed E-state index contributed by atoms with van der Waals surface area (Å²) in [5.41, 5.74) is 0. The predicted molar refractivity (Wildman–Crippen MR) is 73.3 cm³/mol. The van der Waals surface area contributed by atoms with Crippen LogP contribution in [0.4, 0.5) is 0 Å². The van der Waals surface area contributed by atoms with E-state index in [0.717, 1.165) is 35.5 Å². The van der Waals surface area contributed by atoms with Crippen LogP contribution in [0.1, 0.15) is 0 Å². The lowest BCUT2D eigenvalue weighted by atomic mass is 10.1. The Morgan fingerprint density at radius 1 is 1.00 bits per heavy atom. The van der Waals surface area contributed by atoms with E-state index in [-0.39, 0.29) is 12.2 Å². The highest BCUT2D eigenvalue weighted by molar-refractivity contribution is 5.84. The van der Waals surface area contributed by atoms with Crippen molar-refractivity contribution in [2.24, 2.45) is 0 Å². The molecule has 2 aliphatic rings. The van der Waals surface area contributed by atoms with Crippen LogP contribution in [0.25, 0.3) is 10.8 Å². The molecule has 4 nitrogen and oxygen atoms in total. The lowest BCUT2D eigenvalue weighted by Gasteiger charge is -2.08. The SMILES string of the molecule is [c]1c(OCC2CO2)ccc2ccc(OCC3CO3)cc12. The van der Waals surface area contributed by atoms with Gasteiger partial charge in [-0.1, -0.05) is 12.1 Å². The van der Waals surface area contributed by atoms with Crippen molar-refractivity contribution in [1.29, 1.82) is 0 Å². The summed E-state index contributed by atoms with van der Waals surface area (Å²) in [6.07, 6.45) is 0.523. The van der Waals surface area contributed by atoms with Gasteiger partial charge in [-0.15, -0.1) is 0 Å². The van der Waals surface area contributed by atoms with E-state index < -0.39 is 0 Å². The average Bonchev–Trinajstić information content (AvgIpc) is 3.37. The molecule has 0 bridgehead atoms. The van der Waals surface area contributed by atoms with Gasteiger partial charge in [0.05, 0.1) is 13.2 Å². The number of rotatable bonds is 6. The number of epoxide rings is 2. The van der Waals surface area contributed by atoms with E-state index in [1.165, 1.54) is 0 Å². The van der Waals surface area contributed by atoms with E-state index >= 15 is 0 Å². The molecule has 2 saturated heterocycles. The Kier molecular flexibility index (Phi) is 2.98. The summed E-state index contributed by atoms with van der Waals surface area (Å²) in [6.45, 7) is 2.81. The summed E-state index contributed by atoms with van der Waals surface area (Å²) in [7, 11) is 0. The maximum absolute atomic E-state index is 5.68. The molecule has 0 amide bonds. The second-order valence-corrected chi connectivity index (χ2v) is 5.10. The molecular weight excluding hydrogens is 256 g/mol. The first-order valence-electron chi connectivity index (χ1n) is 6.82. The summed E-state index contributed by atoms with van der Waals surface area (Å²) >= 11 is 0. The van der Waals surface area contributed by atoms with Gasteiger partial charge < -0.3 is 18.9 Å². The van der Waals surface area contributed by atoms with Crippen LogP contribution in [0, 0.1) is 6.07 Å². The first kappa shape index (κ1) is 12.0. The second kappa shape index (κ2) is 4.96. The Morgan fingerprint density at radius 3 is 2.45 bits per heavy atom. The standard InChI is InChI=1S/C16H15O4/c1-3-13(17-7-15-9-19-15)5-12-6-14(4-2-11(1)12)18-8-16-10-20-16/h1-5,15-16H,7-10H2. The molecule has 0 aliphatic carbocycles. The molecule has 2 atom stereocenters. The van der Waals surface area contributed by atoms with Crippen LogP contribution in [0.5, 0.6) is 11.5 Å². The Morgan fingerprint density at radius 2 is 1.70 bits per heavy atom. The van der Waals surface area contributed by atoms with Crippen LogP contribution in [0.2, 0.25) is 0 Å². The van der Waals surface area contributed by atoms with E-state index in [1.54, 1.807) is 0 Å². The molecule has 0 spiro atoms. The third-order valence-electron chi connectivity index (χ3n) is 3.36. The van der Waals surface area contributed by atoms with Crippen molar-refractivity contribution >= 4 is 10.8 Å². The van der Waals surface area contributed by atoms with Gasteiger partial charge in [0.2, 0.25) is 0 Å². The topological polar surface area (TPSA) is 43.5 Å². The highest BCUT2D eigenvalue weighted by atomic mass is 16.6. The molecule has 2 unspecified atom stereocenters. The number of hydrogen-bond donors (Lipinski definition) is 0. The molecular formula is C16H15O4. The minimum Gasteiger partial charge on any atom is -0.491 e. The minimum atomic E-state index is 0.257. The highest BCUT2D eigenvalue weighted by Gasteiger charge is 2.23. The largest absolute Gasteiger partial charge is 0.491 e. The van der Waals surface area contributed by atoms with Crippen molar-refractivity contribution < 1.29 is 18.9 Å². The van der Waals surface area contributed by atoms with E-state index in [1.807, 2.05) is 30.3 Å². The van der Waals surface area contributed by atoms with E-state index in [2.05, 4.69) is 6.07 Å². The maximum Gasteiger partial charge on any atom is 0.128 e. The van der Waals surface area contributed by atoms with Gasteiger partial charge in [-0.25, -0.2) is 0 Å². The van der Waals surface area contributed by atoms with Gasteiger partial charge >= 0.3 is 0 Å². The predicted octanol–water partition coefficient (Wildman–Crippen LogP) is 2.20. The van der Waals surface area contributed by atoms with Crippen molar-refractivity contribution in [1.82, 2.24) is 0 Å². The van der Waals surface area contributed by atoms with Crippen LogP contribution in [0.15, 0.2) is 30.3 Å². The fourth-order valence-corrected chi connectivity index (χ4v) is 2.00. The van der Waals surface area contributed by atoms with Crippen LogP contribution in [0.3, 0.4) is 0 Å². The molecule has 4 heteroatoms. The molecule has 103 valence electrons. The van der Waals surface area contributed by atoms with Gasteiger partial charge in [0, 0.05) is 6.07 Å². The van der Waals surface area contributed by atoms with Crippen molar-refractivity contribution in [3.63, 3.8) is 0 Å². The van der Waals surface area contributed by atoms with Gasteiger partial charge in [0.1, 0.15) is 36.9 Å². The summed E-state index contributed by atoms with van der Waals surface area (Å²) in [5.74, 6) is 1.59. The minimum absolute atomic E-state index is 0.257. The van der Waals surface area contributed by atoms with Gasteiger partial charge in [-0.2, -0.15) is 0 Å². The van der Waals surface area contributed by atoms with Crippen LogP contribution in [-0.2, 0) is 9.47 Å². The molecule has 2 aliphatic heterocycles. The van der Waals surface area contributed by atoms with Crippen molar-refractivity contribution in [3.8, 4) is 11.5 Å². The molecule has 20 heavy (non-hydrogen) atoms. The normalized spacial score (nSPS) is 23.6. The molecule has 2 heterocycles. The molecule has 2 aromatic carbocycles. The number of ether oxygens (including phenoxy) is 4. The lowest BCUT2D eigenvalue weighted by Crippen LogP contribution is -2.04. The summed E-state index contributed by atoms with van der Waals surface area (Å²) < 4.78 is 21.6. The molecule has 2 fully saturated rings. The third kappa shape index (κ3) is 2.86. The molecule has 4 rings (SSSR count). The molecule has 0 saturated carbocycles. The number of benzene rings is 2. The molecule has 2 aromatic rings. The zero-order valence-electron chi connectivity index (χ0n) is 11.0. The van der Waals surface area contributed by atoms with Crippen LogP contribution < -0.4 is 9.47 Å². The summed E-state index contributed by atoms with van der Waals surface area (Å²) in [6, 6.07) is 13.2. The van der Waals surface area contributed by atoms with E-state index in [4.69, 9.17) is 18.9 Å². The Balaban J connectivity index is 1.50.